The van der Waals surface area contributed by atoms with Gasteiger partial charge in [-0.1, -0.05) is 86.1 Å². The van der Waals surface area contributed by atoms with E-state index in [0.29, 0.717) is 17.8 Å². The van der Waals surface area contributed by atoms with Crippen LogP contribution in [0.15, 0.2) is 114 Å². The molecule has 0 aliphatic heterocycles. The molecule has 0 heterocycles. The lowest BCUT2D eigenvalue weighted by Gasteiger charge is -2.34. The number of unbranched alkanes of at least 4 members (excludes halogenated alkanes) is 1. The van der Waals surface area contributed by atoms with Gasteiger partial charge in [0.2, 0.25) is 11.8 Å². The summed E-state index contributed by atoms with van der Waals surface area (Å²) in [6.07, 6.45) is 1.86. The maximum absolute atomic E-state index is 14.4. The van der Waals surface area contributed by atoms with Crippen LogP contribution in [0.3, 0.4) is 0 Å². The number of aryl methyl sites for hydroxylation is 1. The number of nitrogens with one attached hydrogen (secondary N) is 1. The quantitative estimate of drug-likeness (QED) is 0.179. The molecule has 7 nitrogen and oxygen atoms in total. The van der Waals surface area contributed by atoms with Crippen molar-refractivity contribution < 1.29 is 22.4 Å². The molecule has 4 aromatic rings. The molecule has 2 amide bonds. The van der Waals surface area contributed by atoms with Crippen LogP contribution in [0.1, 0.15) is 36.5 Å². The highest BCUT2D eigenvalue weighted by atomic mass is 32.2. The van der Waals surface area contributed by atoms with E-state index in [1.54, 1.807) is 48.5 Å². The third-order valence-corrected chi connectivity index (χ3v) is 9.05. The van der Waals surface area contributed by atoms with Crippen molar-refractivity contribution in [3.8, 4) is 0 Å². The molecule has 44 heavy (non-hydrogen) atoms. The minimum absolute atomic E-state index is 0.0230. The van der Waals surface area contributed by atoms with E-state index in [2.05, 4.69) is 5.32 Å². The lowest BCUT2D eigenvalue weighted by molar-refractivity contribution is -0.140. The van der Waals surface area contributed by atoms with Crippen LogP contribution < -0.4 is 9.62 Å². The van der Waals surface area contributed by atoms with Gasteiger partial charge in [-0.05, 0) is 66.4 Å². The highest BCUT2D eigenvalue weighted by Crippen LogP contribution is 2.26. The van der Waals surface area contributed by atoms with E-state index >= 15 is 0 Å². The van der Waals surface area contributed by atoms with Gasteiger partial charge in [0.1, 0.15) is 18.4 Å². The molecule has 0 aliphatic rings. The van der Waals surface area contributed by atoms with Crippen molar-refractivity contribution in [3.05, 3.63) is 132 Å². The largest absolute Gasteiger partial charge is 0.354 e. The van der Waals surface area contributed by atoms with Crippen LogP contribution in [0.4, 0.5) is 10.1 Å². The maximum atomic E-state index is 14.4. The number of carbonyl (C=O) groups excluding carboxylic acids is 2. The molecular weight excluding hydrogens is 577 g/mol. The van der Waals surface area contributed by atoms with E-state index < -0.39 is 34.3 Å². The van der Waals surface area contributed by atoms with Crippen molar-refractivity contribution in [2.75, 3.05) is 17.4 Å². The predicted octanol–water partition coefficient (Wildman–Crippen LogP) is 5.89. The molecule has 1 unspecified atom stereocenters. The summed E-state index contributed by atoms with van der Waals surface area (Å²) in [4.78, 5) is 29.6. The summed E-state index contributed by atoms with van der Waals surface area (Å²) in [6, 6.07) is 29.0. The Morgan fingerprint density at radius 1 is 0.841 bits per heavy atom. The van der Waals surface area contributed by atoms with Crippen molar-refractivity contribution in [1.82, 2.24) is 10.2 Å². The number of anilines is 1. The second-order valence-corrected chi connectivity index (χ2v) is 12.5. The smallest absolute Gasteiger partial charge is 0.264 e. The fourth-order valence-corrected chi connectivity index (χ4v) is 6.31. The van der Waals surface area contributed by atoms with E-state index in [0.717, 1.165) is 28.3 Å². The fraction of sp³-hybridized carbons (Fsp3) is 0.257. The number of amides is 2. The first-order valence-electron chi connectivity index (χ1n) is 14.7. The molecule has 9 heteroatoms. The van der Waals surface area contributed by atoms with Crippen LogP contribution in [-0.4, -0.2) is 44.3 Å². The van der Waals surface area contributed by atoms with Crippen LogP contribution in [0, 0.1) is 12.7 Å². The molecule has 230 valence electrons. The number of sulfonamides is 1. The Kier molecular flexibility index (Phi) is 11.3. The number of halogens is 1. The van der Waals surface area contributed by atoms with E-state index in [9.17, 15) is 22.4 Å². The van der Waals surface area contributed by atoms with Gasteiger partial charge >= 0.3 is 0 Å². The number of hydrogen-bond acceptors (Lipinski definition) is 4. The van der Waals surface area contributed by atoms with E-state index in [1.807, 2.05) is 50.2 Å². The van der Waals surface area contributed by atoms with Gasteiger partial charge in [0, 0.05) is 19.5 Å². The molecule has 0 saturated carbocycles. The molecule has 0 radical (unpaired) electrons. The van der Waals surface area contributed by atoms with E-state index in [-0.39, 0.29) is 23.8 Å². The average Bonchev–Trinajstić information content (AvgIpc) is 3.03. The second-order valence-electron chi connectivity index (χ2n) is 10.7. The summed E-state index contributed by atoms with van der Waals surface area (Å²) < 4.78 is 42.9. The Morgan fingerprint density at radius 2 is 1.50 bits per heavy atom. The molecule has 0 aromatic heterocycles. The number of carbonyl (C=O) groups is 2. The molecule has 4 rings (SSSR count). The predicted molar refractivity (Wildman–Crippen MR) is 171 cm³/mol. The van der Waals surface area contributed by atoms with Crippen molar-refractivity contribution >= 4 is 27.5 Å². The Hall–Kier alpha value is -4.50. The van der Waals surface area contributed by atoms with Gasteiger partial charge in [-0.3, -0.25) is 13.9 Å². The van der Waals surface area contributed by atoms with Crippen LogP contribution in [0.25, 0.3) is 0 Å². The SMILES string of the molecule is CCCCNC(=O)C(Cc1ccccc1)N(Cc1ccc(F)cc1)C(=O)CN(c1cccc(C)c1)S(=O)(=O)c1ccccc1. The highest BCUT2D eigenvalue weighted by molar-refractivity contribution is 7.92. The van der Waals surface area contributed by atoms with Gasteiger partial charge in [-0.2, -0.15) is 0 Å². The third-order valence-electron chi connectivity index (χ3n) is 7.27. The van der Waals surface area contributed by atoms with Crippen LogP contribution in [0.5, 0.6) is 0 Å². The van der Waals surface area contributed by atoms with Crippen molar-refractivity contribution in [3.63, 3.8) is 0 Å². The van der Waals surface area contributed by atoms with Crippen LogP contribution in [0.2, 0.25) is 0 Å². The summed E-state index contributed by atoms with van der Waals surface area (Å²) in [5.74, 6) is -1.34. The lowest BCUT2D eigenvalue weighted by atomic mass is 10.0. The monoisotopic (exact) mass is 615 g/mol. The number of hydrogen-bond donors (Lipinski definition) is 1. The van der Waals surface area contributed by atoms with E-state index in [1.165, 1.54) is 29.2 Å². The van der Waals surface area contributed by atoms with Crippen molar-refractivity contribution in [1.29, 1.82) is 0 Å². The molecule has 0 spiro atoms. The number of benzene rings is 4. The zero-order chi connectivity index (χ0) is 31.5. The summed E-state index contributed by atoms with van der Waals surface area (Å²) in [5.41, 5.74) is 2.60. The maximum Gasteiger partial charge on any atom is 0.264 e. The standard InChI is InChI=1S/C35H38FN3O4S/c1-3-4-22-37-35(41)33(24-28-13-7-5-8-14-28)38(25-29-18-20-30(36)21-19-29)34(40)26-39(31-15-11-12-27(2)23-31)44(42,43)32-16-9-6-10-17-32/h5-21,23,33H,3-4,22,24-26H2,1-2H3,(H,37,41). The van der Waals surface area contributed by atoms with Gasteiger partial charge < -0.3 is 10.2 Å². The van der Waals surface area contributed by atoms with Gasteiger partial charge in [0.05, 0.1) is 10.6 Å². The van der Waals surface area contributed by atoms with Gasteiger partial charge in [-0.25, -0.2) is 12.8 Å². The third kappa shape index (κ3) is 8.54. The van der Waals surface area contributed by atoms with Gasteiger partial charge in [-0.15, -0.1) is 0 Å². The average molecular weight is 616 g/mol. The molecule has 0 saturated heterocycles. The minimum Gasteiger partial charge on any atom is -0.354 e. The topological polar surface area (TPSA) is 86.8 Å². The van der Waals surface area contributed by atoms with Gasteiger partial charge in [0.15, 0.2) is 0 Å². The summed E-state index contributed by atoms with van der Waals surface area (Å²) in [5, 5.41) is 2.96. The van der Waals surface area contributed by atoms with Gasteiger partial charge in [0.25, 0.3) is 10.0 Å². The zero-order valence-electron chi connectivity index (χ0n) is 25.0. The Morgan fingerprint density at radius 3 is 2.14 bits per heavy atom. The Balaban J connectivity index is 1.78. The van der Waals surface area contributed by atoms with Crippen molar-refractivity contribution in [2.45, 2.75) is 50.6 Å². The molecule has 4 aromatic carbocycles. The summed E-state index contributed by atoms with van der Waals surface area (Å²) in [6.45, 7) is 3.73. The number of rotatable bonds is 14. The molecular formula is C35H38FN3O4S. The minimum atomic E-state index is -4.16. The molecule has 0 aliphatic carbocycles. The first-order chi connectivity index (χ1) is 21.2. The molecule has 0 fully saturated rings. The fourth-order valence-electron chi connectivity index (χ4n) is 4.88. The zero-order valence-corrected chi connectivity index (χ0v) is 25.8. The lowest BCUT2D eigenvalue weighted by Crippen LogP contribution is -2.53. The normalized spacial score (nSPS) is 11.9. The molecule has 0 bridgehead atoms. The molecule has 1 N–H and O–H groups in total. The van der Waals surface area contributed by atoms with Crippen molar-refractivity contribution in [2.24, 2.45) is 0 Å². The van der Waals surface area contributed by atoms with E-state index in [4.69, 9.17) is 0 Å². The highest BCUT2D eigenvalue weighted by Gasteiger charge is 2.34. The van der Waals surface area contributed by atoms with Crippen LogP contribution in [-0.2, 0) is 32.6 Å². The first kappa shape index (κ1) is 32.4. The second kappa shape index (κ2) is 15.3. The summed E-state index contributed by atoms with van der Waals surface area (Å²) in [7, 11) is -4.16. The Bertz CT molecular complexity index is 1630. The number of nitrogens with zero attached hydrogens (tertiary/aromatic N) is 2. The Labute approximate surface area is 259 Å². The summed E-state index contributed by atoms with van der Waals surface area (Å²) >= 11 is 0. The first-order valence-corrected chi connectivity index (χ1v) is 16.1. The van der Waals surface area contributed by atoms with Crippen LogP contribution >= 0.6 is 0 Å². The molecule has 1 atom stereocenters.